The molecule has 4 heteroatoms. The van der Waals surface area contributed by atoms with Crippen LogP contribution in [0, 0.1) is 0 Å². The third-order valence-corrected chi connectivity index (χ3v) is 3.44. The molecule has 0 aliphatic rings. The van der Waals surface area contributed by atoms with Crippen LogP contribution in [0.4, 0.5) is 0 Å². The highest BCUT2D eigenvalue weighted by Crippen LogP contribution is 2.02. The second-order valence-corrected chi connectivity index (χ2v) is 6.27. The standard InChI is InChI=1S/C25H30O4/c1-20(12-8-14-22(3)16-18-24(26)27)10-6-7-11-21(2)13-9-15-23(4)17-19-25(28)29-5/h6-19H,1-5H3,(H,26,27)/b7-6?,12-8?,13-9?,18-16?,19-17+,20-10?,21-11?,22-14?,23-15?. The molecule has 29 heavy (non-hydrogen) atoms. The molecule has 154 valence electrons. The van der Waals surface area contributed by atoms with Crippen LogP contribution in [0.5, 0.6) is 0 Å². The highest BCUT2D eigenvalue weighted by atomic mass is 16.5. The Labute approximate surface area is 174 Å². The maximum atomic E-state index is 11.0. The van der Waals surface area contributed by atoms with Gasteiger partial charge in [-0.3, -0.25) is 0 Å². The summed E-state index contributed by atoms with van der Waals surface area (Å²) >= 11 is 0. The van der Waals surface area contributed by atoms with Crippen LogP contribution in [0.15, 0.2) is 107 Å². The number of methoxy groups -OCH3 is 1. The van der Waals surface area contributed by atoms with Gasteiger partial charge >= 0.3 is 11.9 Å². The monoisotopic (exact) mass is 394 g/mol. The van der Waals surface area contributed by atoms with Crippen molar-refractivity contribution in [3.8, 4) is 0 Å². The predicted molar refractivity (Wildman–Crippen MR) is 120 cm³/mol. The van der Waals surface area contributed by atoms with Gasteiger partial charge in [-0.15, -0.1) is 0 Å². The summed E-state index contributed by atoms with van der Waals surface area (Å²) < 4.78 is 4.54. The Morgan fingerprint density at radius 2 is 0.966 bits per heavy atom. The van der Waals surface area contributed by atoms with Crippen LogP contribution in [0.3, 0.4) is 0 Å². The van der Waals surface area contributed by atoms with Crippen molar-refractivity contribution in [3.05, 3.63) is 107 Å². The quantitative estimate of drug-likeness (QED) is 0.288. The molecule has 0 spiro atoms. The number of esters is 1. The van der Waals surface area contributed by atoms with E-state index in [9.17, 15) is 9.59 Å². The van der Waals surface area contributed by atoms with Crippen molar-refractivity contribution in [2.24, 2.45) is 0 Å². The number of allylic oxidation sites excluding steroid dienone is 16. The second kappa shape index (κ2) is 15.6. The minimum atomic E-state index is -0.956. The zero-order valence-electron chi connectivity index (χ0n) is 17.8. The molecule has 0 bridgehead atoms. The van der Waals surface area contributed by atoms with Crippen molar-refractivity contribution in [1.29, 1.82) is 0 Å². The molecule has 4 nitrogen and oxygen atoms in total. The summed E-state index contributed by atoms with van der Waals surface area (Å²) in [5.41, 5.74) is 3.98. The summed E-state index contributed by atoms with van der Waals surface area (Å²) in [4.78, 5) is 21.5. The van der Waals surface area contributed by atoms with Gasteiger partial charge in [0.15, 0.2) is 0 Å². The van der Waals surface area contributed by atoms with Crippen molar-refractivity contribution in [2.75, 3.05) is 7.11 Å². The molecule has 0 aromatic carbocycles. The molecule has 0 aromatic rings. The van der Waals surface area contributed by atoms with Gasteiger partial charge in [0.1, 0.15) is 0 Å². The number of carbonyl (C=O) groups excluding carboxylic acids is 1. The molecule has 0 atom stereocenters. The van der Waals surface area contributed by atoms with Crippen molar-refractivity contribution < 1.29 is 19.4 Å². The maximum absolute atomic E-state index is 11.0. The number of rotatable bonds is 10. The molecule has 0 rings (SSSR count). The summed E-state index contributed by atoms with van der Waals surface area (Å²) in [6, 6.07) is 0. The summed E-state index contributed by atoms with van der Waals surface area (Å²) in [6.07, 6.45) is 25.2. The van der Waals surface area contributed by atoms with E-state index in [1.54, 1.807) is 12.2 Å². The molecule has 0 aliphatic carbocycles. The van der Waals surface area contributed by atoms with E-state index in [2.05, 4.69) is 4.74 Å². The number of aliphatic carboxylic acids is 1. The Bertz CT molecular complexity index is 823. The maximum Gasteiger partial charge on any atom is 0.330 e. The summed E-state index contributed by atoms with van der Waals surface area (Å²) in [7, 11) is 1.35. The predicted octanol–water partition coefficient (Wildman–Crippen LogP) is 5.81. The minimum Gasteiger partial charge on any atom is -0.478 e. The first-order valence-electron chi connectivity index (χ1n) is 9.13. The Kier molecular flexibility index (Phi) is 13.8. The first kappa shape index (κ1) is 25.6. The van der Waals surface area contributed by atoms with E-state index in [1.165, 1.54) is 13.2 Å². The lowest BCUT2D eigenvalue weighted by atomic mass is 10.2. The molecule has 0 saturated heterocycles. The number of hydrogen-bond acceptors (Lipinski definition) is 3. The zero-order valence-corrected chi connectivity index (χ0v) is 17.8. The fraction of sp³-hybridized carbons (Fsp3) is 0.200. The van der Waals surface area contributed by atoms with E-state index in [4.69, 9.17) is 5.11 Å². The van der Waals surface area contributed by atoms with Crippen LogP contribution >= 0.6 is 0 Å². The van der Waals surface area contributed by atoms with Gasteiger partial charge in [-0.1, -0.05) is 95.2 Å². The average Bonchev–Trinajstić information content (AvgIpc) is 2.67. The lowest BCUT2D eigenvalue weighted by molar-refractivity contribution is -0.135. The van der Waals surface area contributed by atoms with Gasteiger partial charge in [-0.2, -0.15) is 0 Å². The Balaban J connectivity index is 4.67. The van der Waals surface area contributed by atoms with Crippen LogP contribution in [-0.4, -0.2) is 24.2 Å². The third-order valence-electron chi connectivity index (χ3n) is 3.44. The van der Waals surface area contributed by atoms with Crippen LogP contribution < -0.4 is 0 Å². The first-order valence-corrected chi connectivity index (χ1v) is 9.13. The molecule has 0 saturated carbocycles. The van der Waals surface area contributed by atoms with Crippen LogP contribution in [-0.2, 0) is 14.3 Å². The Hall–Kier alpha value is -3.40. The molecule has 0 aliphatic heterocycles. The first-order chi connectivity index (χ1) is 13.7. The summed E-state index contributed by atoms with van der Waals surface area (Å²) in [6.45, 7) is 7.74. The number of carbonyl (C=O) groups is 2. The molecule has 0 radical (unpaired) electrons. The summed E-state index contributed by atoms with van der Waals surface area (Å²) in [5.74, 6) is -1.33. The topological polar surface area (TPSA) is 63.6 Å². The van der Waals surface area contributed by atoms with Crippen LogP contribution in [0.25, 0.3) is 0 Å². The fourth-order valence-electron chi connectivity index (χ4n) is 1.81. The van der Waals surface area contributed by atoms with E-state index in [1.807, 2.05) is 88.5 Å². The number of ether oxygens (including phenoxy) is 1. The molecule has 0 unspecified atom stereocenters. The van der Waals surface area contributed by atoms with E-state index in [0.29, 0.717) is 0 Å². The molecular formula is C25H30O4. The van der Waals surface area contributed by atoms with Gasteiger partial charge in [0.05, 0.1) is 7.11 Å². The highest BCUT2D eigenvalue weighted by molar-refractivity contribution is 5.82. The minimum absolute atomic E-state index is 0.373. The van der Waals surface area contributed by atoms with E-state index >= 15 is 0 Å². The zero-order chi connectivity index (χ0) is 22.1. The number of carboxylic acids is 1. The SMILES string of the molecule is COC(=O)/C=C/C(C)=CC=CC(C)=CC=CC=C(C)C=CC=C(C)C=CC(=O)O. The lowest BCUT2D eigenvalue weighted by Gasteiger charge is -1.91. The van der Waals surface area contributed by atoms with Crippen LogP contribution in [0.1, 0.15) is 27.7 Å². The molecular weight excluding hydrogens is 364 g/mol. The molecule has 1 N–H and O–H groups in total. The number of hydrogen-bond donors (Lipinski definition) is 1. The summed E-state index contributed by atoms with van der Waals surface area (Å²) in [5, 5.41) is 8.58. The smallest absolute Gasteiger partial charge is 0.330 e. The van der Waals surface area contributed by atoms with E-state index in [-0.39, 0.29) is 5.97 Å². The van der Waals surface area contributed by atoms with Crippen molar-refractivity contribution in [2.45, 2.75) is 27.7 Å². The lowest BCUT2D eigenvalue weighted by Crippen LogP contribution is -1.93. The normalized spacial score (nSPS) is 14.9. The van der Waals surface area contributed by atoms with Gasteiger partial charge in [-0.05, 0) is 27.7 Å². The molecule has 0 fully saturated rings. The fourth-order valence-corrected chi connectivity index (χ4v) is 1.81. The molecule has 0 aromatic heterocycles. The van der Waals surface area contributed by atoms with E-state index < -0.39 is 5.97 Å². The number of carboxylic acid groups (broad SMARTS) is 1. The van der Waals surface area contributed by atoms with Gasteiger partial charge in [-0.25, -0.2) is 9.59 Å². The average molecular weight is 395 g/mol. The van der Waals surface area contributed by atoms with Gasteiger partial charge < -0.3 is 9.84 Å². The van der Waals surface area contributed by atoms with Crippen molar-refractivity contribution in [1.82, 2.24) is 0 Å². The second-order valence-electron chi connectivity index (χ2n) is 6.27. The Morgan fingerprint density at radius 1 is 0.586 bits per heavy atom. The molecule has 0 amide bonds. The van der Waals surface area contributed by atoms with E-state index in [0.717, 1.165) is 28.4 Å². The largest absolute Gasteiger partial charge is 0.478 e. The third kappa shape index (κ3) is 16.5. The van der Waals surface area contributed by atoms with Crippen molar-refractivity contribution in [3.63, 3.8) is 0 Å². The van der Waals surface area contributed by atoms with Gasteiger partial charge in [0.2, 0.25) is 0 Å². The van der Waals surface area contributed by atoms with Gasteiger partial charge in [0.25, 0.3) is 0 Å². The van der Waals surface area contributed by atoms with Crippen LogP contribution in [0.2, 0.25) is 0 Å². The van der Waals surface area contributed by atoms with Crippen molar-refractivity contribution >= 4 is 11.9 Å². The van der Waals surface area contributed by atoms with Gasteiger partial charge in [0, 0.05) is 12.2 Å². The molecule has 0 heterocycles. The Morgan fingerprint density at radius 3 is 1.38 bits per heavy atom. The highest BCUT2D eigenvalue weighted by Gasteiger charge is 1.89.